The number of furan rings is 1. The van der Waals surface area contributed by atoms with Gasteiger partial charge in [-0.25, -0.2) is 4.79 Å². The monoisotopic (exact) mass is 350 g/mol. The Hall–Kier alpha value is -1.98. The molecule has 1 heterocycles. The van der Waals surface area contributed by atoms with Crippen LogP contribution in [0.3, 0.4) is 0 Å². The molecule has 1 fully saturated rings. The molecule has 0 saturated heterocycles. The highest BCUT2D eigenvalue weighted by molar-refractivity contribution is 5.95. The van der Waals surface area contributed by atoms with Crippen LogP contribution in [0.4, 0.5) is 4.79 Å². The largest absolute Gasteiger partial charge is 0.469 e. The van der Waals surface area contributed by atoms with Crippen LogP contribution in [-0.4, -0.2) is 29.7 Å². The van der Waals surface area contributed by atoms with E-state index >= 15 is 0 Å². The van der Waals surface area contributed by atoms with Crippen molar-refractivity contribution in [2.45, 2.75) is 77.4 Å². The minimum absolute atomic E-state index is 0.180. The van der Waals surface area contributed by atoms with Crippen molar-refractivity contribution in [3.63, 3.8) is 0 Å². The topological polar surface area (TPSA) is 80.6 Å². The van der Waals surface area contributed by atoms with Crippen LogP contribution in [-0.2, 0) is 4.74 Å². The van der Waals surface area contributed by atoms with Crippen LogP contribution in [0.1, 0.15) is 75.4 Å². The predicted octanol–water partition coefficient (Wildman–Crippen LogP) is 3.94. The molecule has 1 aromatic heterocycles. The molecule has 2 amide bonds. The lowest BCUT2D eigenvalue weighted by molar-refractivity contribution is 0.0437. The predicted molar refractivity (Wildman–Crippen MR) is 95.6 cm³/mol. The van der Waals surface area contributed by atoms with Crippen molar-refractivity contribution in [2.75, 3.05) is 6.54 Å². The minimum atomic E-state index is -0.548. The van der Waals surface area contributed by atoms with Gasteiger partial charge in [0, 0.05) is 6.54 Å². The molecule has 0 aliphatic heterocycles. The molecule has 1 saturated carbocycles. The number of aryl methyl sites for hydroxylation is 1. The molecule has 6 heteroatoms. The van der Waals surface area contributed by atoms with E-state index in [4.69, 9.17) is 9.15 Å². The number of ether oxygens (including phenoxy) is 1. The number of alkyl carbamates (subject to hydrolysis) is 1. The molecule has 25 heavy (non-hydrogen) atoms. The molecule has 1 aliphatic rings. The molecule has 0 bridgehead atoms. The Kier molecular flexibility index (Phi) is 6.14. The average molecular weight is 350 g/mol. The Balaban J connectivity index is 2.05. The summed E-state index contributed by atoms with van der Waals surface area (Å²) in [5, 5.41) is 6.01. The van der Waals surface area contributed by atoms with Crippen LogP contribution in [0.25, 0.3) is 0 Å². The molecule has 1 aromatic rings. The number of amides is 2. The Morgan fingerprint density at radius 3 is 2.36 bits per heavy atom. The molecule has 2 N–H and O–H groups in total. The van der Waals surface area contributed by atoms with Crippen molar-refractivity contribution in [3.05, 3.63) is 23.7 Å². The lowest BCUT2D eigenvalue weighted by Gasteiger charge is -2.35. The summed E-state index contributed by atoms with van der Waals surface area (Å²) in [5.74, 6) is 0.411. The number of nitrogens with one attached hydrogen (secondary N) is 2. The summed E-state index contributed by atoms with van der Waals surface area (Å²) in [5.41, 5.74) is -0.486. The maximum absolute atomic E-state index is 12.4. The molecule has 0 spiro atoms. The standard InChI is InChI=1S/C19H30N2O4/c1-14-15(9-12-24-14)16(22)20-13-19(10-7-5-6-8-11-19)21-17(23)25-18(2,3)4/h9,12H,5-8,10-11,13H2,1-4H3,(H,20,22)(H,21,23). The lowest BCUT2D eigenvalue weighted by Crippen LogP contribution is -2.56. The second kappa shape index (κ2) is 7.93. The molecular weight excluding hydrogens is 320 g/mol. The van der Waals surface area contributed by atoms with Gasteiger partial charge in [0.1, 0.15) is 11.4 Å². The van der Waals surface area contributed by atoms with E-state index in [2.05, 4.69) is 10.6 Å². The van der Waals surface area contributed by atoms with Crippen molar-refractivity contribution in [1.29, 1.82) is 0 Å². The third kappa shape index (κ3) is 5.80. The van der Waals surface area contributed by atoms with Crippen molar-refractivity contribution < 1.29 is 18.7 Å². The average Bonchev–Trinajstić information content (AvgIpc) is 2.79. The number of carbonyl (C=O) groups is 2. The first-order valence-electron chi connectivity index (χ1n) is 9.04. The Bertz CT molecular complexity index is 593. The van der Waals surface area contributed by atoms with Crippen LogP contribution < -0.4 is 10.6 Å². The van der Waals surface area contributed by atoms with Gasteiger partial charge < -0.3 is 19.8 Å². The quantitative estimate of drug-likeness (QED) is 0.806. The van der Waals surface area contributed by atoms with Gasteiger partial charge in [-0.2, -0.15) is 0 Å². The number of carbonyl (C=O) groups excluding carboxylic acids is 2. The molecular formula is C19H30N2O4. The maximum atomic E-state index is 12.4. The summed E-state index contributed by atoms with van der Waals surface area (Å²) in [6, 6.07) is 1.66. The van der Waals surface area contributed by atoms with E-state index in [9.17, 15) is 9.59 Å². The van der Waals surface area contributed by atoms with Gasteiger partial charge in [-0.15, -0.1) is 0 Å². The van der Waals surface area contributed by atoms with Gasteiger partial charge in [0.05, 0.1) is 17.4 Å². The fourth-order valence-corrected chi connectivity index (χ4v) is 3.24. The third-order valence-electron chi connectivity index (χ3n) is 4.52. The van der Waals surface area contributed by atoms with Crippen LogP contribution in [0.2, 0.25) is 0 Å². The van der Waals surface area contributed by atoms with Crippen molar-refractivity contribution in [2.24, 2.45) is 0 Å². The zero-order valence-electron chi connectivity index (χ0n) is 15.7. The molecule has 0 atom stereocenters. The molecule has 140 valence electrons. The Morgan fingerprint density at radius 2 is 1.84 bits per heavy atom. The highest BCUT2D eigenvalue weighted by Crippen LogP contribution is 2.27. The van der Waals surface area contributed by atoms with Crippen molar-refractivity contribution >= 4 is 12.0 Å². The zero-order chi connectivity index (χ0) is 18.5. The summed E-state index contributed by atoms with van der Waals surface area (Å²) in [6.07, 6.45) is 7.08. The smallest absolute Gasteiger partial charge is 0.408 e. The summed E-state index contributed by atoms with van der Waals surface area (Å²) < 4.78 is 10.6. The highest BCUT2D eigenvalue weighted by Gasteiger charge is 2.34. The molecule has 2 rings (SSSR count). The Morgan fingerprint density at radius 1 is 1.20 bits per heavy atom. The van der Waals surface area contributed by atoms with Gasteiger partial charge in [-0.1, -0.05) is 25.7 Å². The molecule has 0 aromatic carbocycles. The fourth-order valence-electron chi connectivity index (χ4n) is 3.24. The maximum Gasteiger partial charge on any atom is 0.408 e. The summed E-state index contributed by atoms with van der Waals surface area (Å²) in [4.78, 5) is 24.7. The third-order valence-corrected chi connectivity index (χ3v) is 4.52. The Labute approximate surface area is 149 Å². The SMILES string of the molecule is Cc1occc1C(=O)NCC1(NC(=O)OC(C)(C)C)CCCCCC1. The fraction of sp³-hybridized carbons (Fsp3) is 0.684. The van der Waals surface area contributed by atoms with Crippen molar-refractivity contribution in [1.82, 2.24) is 10.6 Å². The minimum Gasteiger partial charge on any atom is -0.469 e. The number of hydrogen-bond acceptors (Lipinski definition) is 4. The van der Waals surface area contributed by atoms with Gasteiger partial charge in [0.15, 0.2) is 0 Å². The van der Waals surface area contributed by atoms with Crippen LogP contribution in [0.15, 0.2) is 16.7 Å². The van der Waals surface area contributed by atoms with Crippen LogP contribution >= 0.6 is 0 Å². The molecule has 0 radical (unpaired) electrons. The molecule has 1 aliphatic carbocycles. The first-order valence-corrected chi connectivity index (χ1v) is 9.04. The number of rotatable bonds is 4. The normalized spacial score (nSPS) is 17.4. The van der Waals surface area contributed by atoms with E-state index in [1.54, 1.807) is 13.0 Å². The van der Waals surface area contributed by atoms with Gasteiger partial charge >= 0.3 is 6.09 Å². The van der Waals surface area contributed by atoms with Crippen LogP contribution in [0, 0.1) is 6.92 Å². The van der Waals surface area contributed by atoms with E-state index in [0.717, 1.165) is 38.5 Å². The summed E-state index contributed by atoms with van der Waals surface area (Å²) in [6.45, 7) is 7.67. The van der Waals surface area contributed by atoms with E-state index < -0.39 is 17.2 Å². The van der Waals surface area contributed by atoms with Gasteiger partial charge in [0.2, 0.25) is 0 Å². The zero-order valence-corrected chi connectivity index (χ0v) is 15.7. The second-order valence-corrected chi connectivity index (χ2v) is 7.89. The first-order chi connectivity index (χ1) is 11.7. The molecule has 6 nitrogen and oxygen atoms in total. The van der Waals surface area contributed by atoms with E-state index in [1.807, 2.05) is 20.8 Å². The second-order valence-electron chi connectivity index (χ2n) is 7.89. The van der Waals surface area contributed by atoms with Crippen molar-refractivity contribution in [3.8, 4) is 0 Å². The molecule has 0 unspecified atom stereocenters. The lowest BCUT2D eigenvalue weighted by atomic mass is 9.90. The van der Waals surface area contributed by atoms with Gasteiger partial charge in [-0.05, 0) is 46.6 Å². The highest BCUT2D eigenvalue weighted by atomic mass is 16.6. The van der Waals surface area contributed by atoms with E-state index in [0.29, 0.717) is 17.9 Å². The van der Waals surface area contributed by atoms with E-state index in [1.165, 1.54) is 6.26 Å². The van der Waals surface area contributed by atoms with E-state index in [-0.39, 0.29) is 5.91 Å². The first kappa shape index (κ1) is 19.3. The van der Waals surface area contributed by atoms with Crippen LogP contribution in [0.5, 0.6) is 0 Å². The summed E-state index contributed by atoms with van der Waals surface area (Å²) in [7, 11) is 0. The van der Waals surface area contributed by atoms with Gasteiger partial charge in [0.25, 0.3) is 5.91 Å². The summed E-state index contributed by atoms with van der Waals surface area (Å²) >= 11 is 0. The van der Waals surface area contributed by atoms with Gasteiger partial charge in [-0.3, -0.25) is 4.79 Å². The number of hydrogen-bond donors (Lipinski definition) is 2.